The number of nitrogens with one attached hydrogen (secondary N) is 2. The molecule has 2 rings (SSSR count). The fourth-order valence-corrected chi connectivity index (χ4v) is 4.53. The zero-order valence-electron chi connectivity index (χ0n) is 12.4. The van der Waals surface area contributed by atoms with Crippen molar-refractivity contribution >= 4 is 27.2 Å². The van der Waals surface area contributed by atoms with Gasteiger partial charge in [0.05, 0.1) is 0 Å². The van der Waals surface area contributed by atoms with E-state index >= 15 is 0 Å². The van der Waals surface area contributed by atoms with E-state index in [0.717, 1.165) is 22.7 Å². The molecule has 0 aliphatic rings. The molecular formula is C13H20N4O2S2. The number of hydrogen-bond donors (Lipinski definition) is 2. The summed E-state index contributed by atoms with van der Waals surface area (Å²) in [5, 5.41) is 7.31. The molecule has 0 aliphatic carbocycles. The van der Waals surface area contributed by atoms with Crippen LogP contribution in [0.4, 0.5) is 5.82 Å². The minimum Gasteiger partial charge on any atom is -0.312 e. The van der Waals surface area contributed by atoms with Gasteiger partial charge in [-0.15, -0.1) is 11.3 Å². The molecule has 0 saturated carbocycles. The first-order valence-corrected chi connectivity index (χ1v) is 9.05. The second-order valence-corrected chi connectivity index (χ2v) is 7.78. The molecule has 21 heavy (non-hydrogen) atoms. The summed E-state index contributed by atoms with van der Waals surface area (Å²) in [6, 6.07) is 3.36. The van der Waals surface area contributed by atoms with Crippen molar-refractivity contribution in [3.8, 4) is 0 Å². The number of aromatic nitrogens is 2. The SMILES string of the molecule is CCCNCc1cc(S(=O)(=O)Nc2ccn(C)n2)c(C)s1. The quantitative estimate of drug-likeness (QED) is 0.763. The number of rotatable bonds is 7. The first-order chi connectivity index (χ1) is 9.92. The summed E-state index contributed by atoms with van der Waals surface area (Å²) in [5.74, 6) is 0.328. The van der Waals surface area contributed by atoms with Crippen LogP contribution in [0.15, 0.2) is 23.2 Å². The molecule has 0 saturated heterocycles. The maximum absolute atomic E-state index is 12.4. The summed E-state index contributed by atoms with van der Waals surface area (Å²) in [5.41, 5.74) is 0. The van der Waals surface area contributed by atoms with Gasteiger partial charge in [0.1, 0.15) is 4.90 Å². The number of hydrogen-bond acceptors (Lipinski definition) is 5. The van der Waals surface area contributed by atoms with Crippen LogP contribution in [0, 0.1) is 6.92 Å². The molecule has 2 heterocycles. The molecule has 0 radical (unpaired) electrons. The predicted octanol–water partition coefficient (Wildman–Crippen LogP) is 2.09. The number of aryl methyl sites for hydroxylation is 2. The zero-order valence-corrected chi connectivity index (χ0v) is 14.0. The lowest BCUT2D eigenvalue weighted by Crippen LogP contribution is -2.14. The van der Waals surface area contributed by atoms with Crippen molar-refractivity contribution in [2.45, 2.75) is 31.7 Å². The highest BCUT2D eigenvalue weighted by atomic mass is 32.2. The lowest BCUT2D eigenvalue weighted by Gasteiger charge is -2.04. The highest BCUT2D eigenvalue weighted by molar-refractivity contribution is 7.93. The molecule has 0 fully saturated rings. The Hall–Kier alpha value is -1.38. The van der Waals surface area contributed by atoms with Crippen LogP contribution in [0.5, 0.6) is 0 Å². The van der Waals surface area contributed by atoms with Crippen LogP contribution in [0.1, 0.15) is 23.1 Å². The van der Waals surface area contributed by atoms with Crippen LogP contribution in [0.3, 0.4) is 0 Å². The van der Waals surface area contributed by atoms with Crippen LogP contribution in [-0.4, -0.2) is 24.7 Å². The Morgan fingerprint density at radius 1 is 1.43 bits per heavy atom. The van der Waals surface area contributed by atoms with E-state index < -0.39 is 10.0 Å². The molecule has 2 aromatic heterocycles. The molecule has 6 nitrogen and oxygen atoms in total. The van der Waals surface area contributed by atoms with Gasteiger partial charge in [0.25, 0.3) is 10.0 Å². The van der Waals surface area contributed by atoms with Crippen molar-refractivity contribution in [3.63, 3.8) is 0 Å². The largest absolute Gasteiger partial charge is 0.312 e. The number of anilines is 1. The Kier molecular flexibility index (Phi) is 5.02. The standard InChI is InChI=1S/C13H20N4O2S2/c1-4-6-14-9-11-8-12(10(2)20-11)21(18,19)16-13-5-7-17(3)15-13/h5,7-8,14H,4,6,9H2,1-3H3,(H,15,16). The summed E-state index contributed by atoms with van der Waals surface area (Å²) in [6.45, 7) is 5.53. The van der Waals surface area contributed by atoms with E-state index in [1.165, 1.54) is 11.3 Å². The van der Waals surface area contributed by atoms with Gasteiger partial charge in [-0.3, -0.25) is 9.40 Å². The fraction of sp³-hybridized carbons (Fsp3) is 0.462. The van der Waals surface area contributed by atoms with Crippen LogP contribution in [-0.2, 0) is 23.6 Å². The van der Waals surface area contributed by atoms with Crippen LogP contribution in [0.25, 0.3) is 0 Å². The molecular weight excluding hydrogens is 308 g/mol. The molecule has 0 aliphatic heterocycles. The predicted molar refractivity (Wildman–Crippen MR) is 85.1 cm³/mol. The van der Waals surface area contributed by atoms with Gasteiger partial charge in [-0.05, 0) is 26.0 Å². The van der Waals surface area contributed by atoms with Crippen molar-refractivity contribution in [2.24, 2.45) is 7.05 Å². The highest BCUT2D eigenvalue weighted by Crippen LogP contribution is 2.27. The fourth-order valence-electron chi connectivity index (χ4n) is 1.93. The molecule has 0 unspecified atom stereocenters. The van der Waals surface area contributed by atoms with Crippen molar-refractivity contribution in [2.75, 3.05) is 11.3 Å². The summed E-state index contributed by atoms with van der Waals surface area (Å²) in [7, 11) is -1.84. The third-order valence-corrected chi connectivity index (χ3v) is 5.55. The summed E-state index contributed by atoms with van der Waals surface area (Å²) in [6.07, 6.45) is 2.75. The van der Waals surface area contributed by atoms with Crippen molar-refractivity contribution in [3.05, 3.63) is 28.1 Å². The van der Waals surface area contributed by atoms with E-state index in [1.54, 1.807) is 30.1 Å². The average Bonchev–Trinajstić information content (AvgIpc) is 2.96. The molecule has 116 valence electrons. The van der Waals surface area contributed by atoms with Crippen LogP contribution in [0.2, 0.25) is 0 Å². The summed E-state index contributed by atoms with van der Waals surface area (Å²) >= 11 is 1.50. The smallest absolute Gasteiger partial charge is 0.264 e. The van der Waals surface area contributed by atoms with Gasteiger partial charge in [0.2, 0.25) is 0 Å². The van der Waals surface area contributed by atoms with E-state index in [9.17, 15) is 8.42 Å². The molecule has 0 bridgehead atoms. The third-order valence-electron chi connectivity index (χ3n) is 2.89. The van der Waals surface area contributed by atoms with Crippen molar-refractivity contribution in [1.29, 1.82) is 0 Å². The first-order valence-electron chi connectivity index (χ1n) is 6.75. The van der Waals surface area contributed by atoms with Gasteiger partial charge in [-0.1, -0.05) is 6.92 Å². The van der Waals surface area contributed by atoms with E-state index in [0.29, 0.717) is 17.3 Å². The third kappa shape index (κ3) is 4.05. The molecule has 0 spiro atoms. The number of sulfonamides is 1. The molecule has 0 amide bonds. The van der Waals surface area contributed by atoms with Gasteiger partial charge in [0.15, 0.2) is 5.82 Å². The van der Waals surface area contributed by atoms with Crippen molar-refractivity contribution < 1.29 is 8.42 Å². The van der Waals surface area contributed by atoms with Crippen molar-refractivity contribution in [1.82, 2.24) is 15.1 Å². The maximum Gasteiger partial charge on any atom is 0.264 e. The summed E-state index contributed by atoms with van der Waals surface area (Å²) in [4.78, 5) is 2.13. The van der Waals surface area contributed by atoms with E-state index in [-0.39, 0.29) is 0 Å². The number of thiophene rings is 1. The van der Waals surface area contributed by atoms with Crippen LogP contribution < -0.4 is 10.0 Å². The van der Waals surface area contributed by atoms with Gasteiger partial charge in [-0.2, -0.15) is 5.10 Å². The zero-order chi connectivity index (χ0) is 15.5. The molecule has 2 N–H and O–H groups in total. The first kappa shape index (κ1) is 16.0. The van der Waals surface area contributed by atoms with Gasteiger partial charge >= 0.3 is 0 Å². The van der Waals surface area contributed by atoms with Crippen LogP contribution >= 0.6 is 11.3 Å². The molecule has 2 aromatic rings. The Morgan fingerprint density at radius 2 is 2.19 bits per heavy atom. The molecule has 0 aromatic carbocycles. The van der Waals surface area contributed by atoms with Gasteiger partial charge < -0.3 is 5.32 Å². The molecule has 8 heteroatoms. The number of nitrogens with zero attached hydrogens (tertiary/aromatic N) is 2. The topological polar surface area (TPSA) is 76.0 Å². The maximum atomic E-state index is 12.4. The Labute approximate surface area is 129 Å². The molecule has 0 atom stereocenters. The minimum atomic E-state index is -3.58. The average molecular weight is 328 g/mol. The Balaban J connectivity index is 2.16. The summed E-state index contributed by atoms with van der Waals surface area (Å²) < 4.78 is 28.9. The highest BCUT2D eigenvalue weighted by Gasteiger charge is 2.20. The Morgan fingerprint density at radius 3 is 2.81 bits per heavy atom. The minimum absolute atomic E-state index is 0.325. The van der Waals surface area contributed by atoms with E-state index in [1.807, 2.05) is 6.92 Å². The lowest BCUT2D eigenvalue weighted by atomic mass is 10.4. The van der Waals surface area contributed by atoms with E-state index in [4.69, 9.17) is 0 Å². The monoisotopic (exact) mass is 328 g/mol. The second kappa shape index (κ2) is 6.59. The van der Waals surface area contributed by atoms with Gasteiger partial charge in [-0.25, -0.2) is 8.42 Å². The van der Waals surface area contributed by atoms with Gasteiger partial charge in [0, 0.05) is 35.6 Å². The van der Waals surface area contributed by atoms with E-state index in [2.05, 4.69) is 22.1 Å². The Bertz CT molecular complexity index is 704. The lowest BCUT2D eigenvalue weighted by molar-refractivity contribution is 0.600. The second-order valence-electron chi connectivity index (χ2n) is 4.79. The normalized spacial score (nSPS) is 11.8.